The van der Waals surface area contributed by atoms with Crippen molar-refractivity contribution < 1.29 is 29.3 Å². The second kappa shape index (κ2) is 12.7. The van der Waals surface area contributed by atoms with Gasteiger partial charge in [-0.3, -0.25) is 0 Å². The summed E-state index contributed by atoms with van der Waals surface area (Å²) in [5.41, 5.74) is 0. The van der Waals surface area contributed by atoms with Gasteiger partial charge in [-0.25, -0.2) is 9.59 Å². The third-order valence-corrected chi connectivity index (χ3v) is 4.68. The Hall–Kier alpha value is -1.86. The molecule has 2 aromatic carbocycles. The summed E-state index contributed by atoms with van der Waals surface area (Å²) in [4.78, 5) is 21.4. The van der Waals surface area contributed by atoms with Crippen molar-refractivity contribution in [2.45, 2.75) is 38.9 Å². The summed E-state index contributed by atoms with van der Waals surface area (Å²) in [6, 6.07) is 9.31. The number of hydrogen-bond acceptors (Lipinski definition) is 4. The van der Waals surface area contributed by atoms with Crippen LogP contribution in [0.25, 0.3) is 0 Å². The zero-order valence-corrected chi connectivity index (χ0v) is 19.1. The smallest absolute Gasteiger partial charge is 0.344 e. The molecule has 0 aliphatic carbocycles. The van der Waals surface area contributed by atoms with E-state index in [1.807, 2.05) is 0 Å². The number of carboxylic acid groups (broad SMARTS) is 2. The number of carboxylic acids is 2. The maximum atomic E-state index is 10.7. The van der Waals surface area contributed by atoms with Gasteiger partial charge in [0.05, 0.1) is 10.0 Å². The van der Waals surface area contributed by atoms with Crippen molar-refractivity contribution >= 4 is 58.3 Å². The molecule has 6 nitrogen and oxygen atoms in total. The standard InChI is InChI=1S/2C10H10Cl2O3/c2*1-2-8(10(13)14)15-9-4-3-6(11)5-7(9)12/h2*3-5,8H,2H2,1H3,(H,13,14). The molecule has 2 N–H and O–H groups in total. The molecule has 2 unspecified atom stereocenters. The Morgan fingerprint density at radius 2 is 1.10 bits per heavy atom. The first-order chi connectivity index (χ1) is 14.1. The second-order valence-corrected chi connectivity index (χ2v) is 7.54. The molecule has 0 saturated carbocycles. The van der Waals surface area contributed by atoms with Crippen LogP contribution in [0, 0.1) is 0 Å². The van der Waals surface area contributed by atoms with Gasteiger partial charge in [-0.05, 0) is 49.2 Å². The van der Waals surface area contributed by atoms with Crippen LogP contribution in [0.2, 0.25) is 20.1 Å². The predicted molar refractivity (Wildman–Crippen MR) is 118 cm³/mol. The van der Waals surface area contributed by atoms with E-state index in [-0.39, 0.29) is 0 Å². The van der Waals surface area contributed by atoms with Crippen molar-refractivity contribution in [3.05, 3.63) is 56.5 Å². The van der Waals surface area contributed by atoms with Crippen molar-refractivity contribution in [1.82, 2.24) is 0 Å². The highest BCUT2D eigenvalue weighted by Gasteiger charge is 2.19. The summed E-state index contributed by atoms with van der Waals surface area (Å²) in [5.74, 6) is -1.36. The Kier molecular flexibility index (Phi) is 11.1. The minimum atomic E-state index is -1.01. The second-order valence-electron chi connectivity index (χ2n) is 5.86. The van der Waals surface area contributed by atoms with E-state index in [2.05, 4.69) is 0 Å². The van der Waals surface area contributed by atoms with Gasteiger partial charge in [-0.2, -0.15) is 0 Å². The number of carbonyl (C=O) groups is 2. The highest BCUT2D eigenvalue weighted by atomic mass is 35.5. The molecule has 0 radical (unpaired) electrons. The van der Waals surface area contributed by atoms with Crippen LogP contribution in [-0.4, -0.2) is 34.4 Å². The third-order valence-electron chi connectivity index (χ3n) is 3.62. The van der Waals surface area contributed by atoms with Crippen molar-refractivity contribution in [3.63, 3.8) is 0 Å². The summed E-state index contributed by atoms with van der Waals surface area (Å²) in [6.45, 7) is 3.45. The molecule has 10 heteroatoms. The van der Waals surface area contributed by atoms with Gasteiger partial charge in [0.25, 0.3) is 0 Å². The molecular formula is C20H20Cl4O6. The molecule has 0 saturated heterocycles. The first kappa shape index (κ1) is 26.2. The fourth-order valence-electron chi connectivity index (χ4n) is 2.06. The van der Waals surface area contributed by atoms with Crippen LogP contribution in [0.4, 0.5) is 0 Å². The molecular weight excluding hydrogens is 478 g/mol. The molecule has 0 aliphatic heterocycles. The summed E-state index contributed by atoms with van der Waals surface area (Å²) < 4.78 is 10.4. The minimum absolute atomic E-state index is 0.308. The maximum Gasteiger partial charge on any atom is 0.344 e. The van der Waals surface area contributed by atoms with Gasteiger partial charge < -0.3 is 19.7 Å². The largest absolute Gasteiger partial charge is 0.479 e. The van der Waals surface area contributed by atoms with Crippen LogP contribution in [0.3, 0.4) is 0 Å². The van der Waals surface area contributed by atoms with E-state index in [1.54, 1.807) is 38.1 Å². The third kappa shape index (κ3) is 8.48. The van der Waals surface area contributed by atoms with Crippen molar-refractivity contribution in [3.8, 4) is 11.5 Å². The Balaban J connectivity index is 0.000000300. The van der Waals surface area contributed by atoms with Crippen LogP contribution < -0.4 is 9.47 Å². The Bertz CT molecular complexity index is 803. The topological polar surface area (TPSA) is 93.1 Å². The van der Waals surface area contributed by atoms with Crippen molar-refractivity contribution in [2.24, 2.45) is 0 Å². The van der Waals surface area contributed by atoms with Crippen LogP contribution in [0.15, 0.2) is 36.4 Å². The molecule has 0 spiro atoms. The zero-order valence-electron chi connectivity index (χ0n) is 16.1. The lowest BCUT2D eigenvalue weighted by molar-refractivity contribution is -0.146. The number of aliphatic carboxylic acids is 2. The van der Waals surface area contributed by atoms with E-state index in [1.165, 1.54) is 12.1 Å². The van der Waals surface area contributed by atoms with Gasteiger partial charge in [0.2, 0.25) is 0 Å². The molecule has 30 heavy (non-hydrogen) atoms. The van der Waals surface area contributed by atoms with E-state index < -0.39 is 24.1 Å². The van der Waals surface area contributed by atoms with Crippen LogP contribution in [0.5, 0.6) is 11.5 Å². The quantitative estimate of drug-likeness (QED) is 0.434. The highest BCUT2D eigenvalue weighted by molar-refractivity contribution is 6.36. The van der Waals surface area contributed by atoms with Gasteiger partial charge in [-0.15, -0.1) is 0 Å². The number of benzene rings is 2. The number of rotatable bonds is 8. The monoisotopic (exact) mass is 496 g/mol. The summed E-state index contributed by atoms with van der Waals surface area (Å²) in [7, 11) is 0. The van der Waals surface area contributed by atoms with Crippen molar-refractivity contribution in [2.75, 3.05) is 0 Å². The molecule has 2 rings (SSSR count). The van der Waals surface area contributed by atoms with Crippen LogP contribution in [-0.2, 0) is 9.59 Å². The number of halogens is 4. The molecule has 0 aromatic heterocycles. The zero-order chi connectivity index (χ0) is 22.8. The van der Waals surface area contributed by atoms with Crippen molar-refractivity contribution in [1.29, 1.82) is 0 Å². The predicted octanol–water partition coefficient (Wildman–Crippen LogP) is 6.47. The molecule has 0 amide bonds. The Morgan fingerprint density at radius 1 is 0.767 bits per heavy atom. The molecule has 0 heterocycles. The first-order valence-electron chi connectivity index (χ1n) is 8.78. The lowest BCUT2D eigenvalue weighted by atomic mass is 10.2. The normalized spacial score (nSPS) is 12.2. The fraction of sp³-hybridized carbons (Fsp3) is 0.300. The van der Waals surface area contributed by atoms with E-state index in [9.17, 15) is 9.59 Å². The molecule has 0 fully saturated rings. The fourth-order valence-corrected chi connectivity index (χ4v) is 2.97. The first-order valence-corrected chi connectivity index (χ1v) is 10.3. The number of hydrogen-bond donors (Lipinski definition) is 2. The number of ether oxygens (including phenoxy) is 2. The van der Waals surface area contributed by atoms with E-state index in [0.29, 0.717) is 44.4 Å². The van der Waals surface area contributed by atoms with Gasteiger partial charge in [0, 0.05) is 10.0 Å². The Morgan fingerprint density at radius 3 is 1.33 bits per heavy atom. The van der Waals surface area contributed by atoms with E-state index >= 15 is 0 Å². The van der Waals surface area contributed by atoms with Crippen LogP contribution >= 0.6 is 46.4 Å². The highest BCUT2D eigenvalue weighted by Crippen LogP contribution is 2.29. The average molecular weight is 498 g/mol. The maximum absolute atomic E-state index is 10.7. The SMILES string of the molecule is CCC(Oc1ccc(Cl)cc1Cl)C(=O)O.CCC(Oc1ccc(Cl)cc1Cl)C(=O)O. The summed E-state index contributed by atoms with van der Waals surface area (Å²) in [6.07, 6.45) is -1.03. The van der Waals surface area contributed by atoms with Gasteiger partial charge >= 0.3 is 11.9 Å². The lowest BCUT2D eigenvalue weighted by Crippen LogP contribution is -2.25. The summed E-state index contributed by atoms with van der Waals surface area (Å²) in [5, 5.41) is 19.2. The summed E-state index contributed by atoms with van der Waals surface area (Å²) >= 11 is 23.1. The van der Waals surface area contributed by atoms with Gasteiger partial charge in [-0.1, -0.05) is 60.3 Å². The van der Waals surface area contributed by atoms with Gasteiger partial charge in [0.1, 0.15) is 11.5 Å². The molecule has 0 aliphatic rings. The van der Waals surface area contributed by atoms with E-state index in [0.717, 1.165) is 0 Å². The molecule has 2 atom stereocenters. The lowest BCUT2D eigenvalue weighted by Gasteiger charge is -2.14. The molecule has 164 valence electrons. The van der Waals surface area contributed by atoms with Gasteiger partial charge in [0.15, 0.2) is 12.2 Å². The Labute approximate surface area is 194 Å². The van der Waals surface area contributed by atoms with E-state index in [4.69, 9.17) is 66.1 Å². The minimum Gasteiger partial charge on any atom is -0.479 e. The molecule has 0 bridgehead atoms. The average Bonchev–Trinajstić information content (AvgIpc) is 2.67. The molecule has 2 aromatic rings. The van der Waals surface area contributed by atoms with Crippen LogP contribution in [0.1, 0.15) is 26.7 Å².